The van der Waals surface area contributed by atoms with Crippen LogP contribution in [0.3, 0.4) is 0 Å². The number of ether oxygens (including phenoxy) is 1. The lowest BCUT2D eigenvalue weighted by Gasteiger charge is -2.27. The van der Waals surface area contributed by atoms with Gasteiger partial charge in [-0.05, 0) is 37.6 Å². The minimum atomic E-state index is 0.285. The zero-order valence-corrected chi connectivity index (χ0v) is 12.3. The number of hydrogen-bond acceptors (Lipinski definition) is 3. The van der Waals surface area contributed by atoms with E-state index in [0.717, 1.165) is 28.4 Å². The van der Waals surface area contributed by atoms with Gasteiger partial charge < -0.3 is 9.64 Å². The molecule has 1 aromatic heterocycles. The van der Waals surface area contributed by atoms with E-state index in [9.17, 15) is 0 Å². The van der Waals surface area contributed by atoms with E-state index >= 15 is 0 Å². The maximum Gasteiger partial charge on any atom is 0.135 e. The van der Waals surface area contributed by atoms with Gasteiger partial charge in [0.2, 0.25) is 0 Å². The molecule has 2 heterocycles. The summed E-state index contributed by atoms with van der Waals surface area (Å²) in [5, 5.41) is 0. The summed E-state index contributed by atoms with van der Waals surface area (Å²) in [4.78, 5) is 6.73. The lowest BCUT2D eigenvalue weighted by molar-refractivity contribution is 0.336. The first kappa shape index (κ1) is 12.8. The monoisotopic (exact) mass is 269 g/mol. The first-order chi connectivity index (χ1) is 9.61. The summed E-state index contributed by atoms with van der Waals surface area (Å²) in [5.74, 6) is 1.98. The number of aromatic nitrogens is 2. The second-order valence-electron chi connectivity index (χ2n) is 5.20. The first-order valence-electron chi connectivity index (χ1n) is 6.74. The van der Waals surface area contributed by atoms with Gasteiger partial charge in [-0.15, -0.1) is 0 Å². The number of benzene rings is 1. The molecule has 0 fully saturated rings. The number of hydrogen-bond donors (Lipinski definition) is 0. The molecule has 1 aromatic carbocycles. The van der Waals surface area contributed by atoms with E-state index in [1.54, 1.807) is 7.11 Å². The first-order valence-corrected chi connectivity index (χ1v) is 6.74. The molecular weight excluding hydrogens is 250 g/mol. The summed E-state index contributed by atoms with van der Waals surface area (Å²) >= 11 is 0. The molecule has 1 unspecified atom stereocenters. The molecule has 4 nitrogen and oxygen atoms in total. The van der Waals surface area contributed by atoms with Crippen molar-refractivity contribution in [1.82, 2.24) is 14.5 Å². The van der Waals surface area contributed by atoms with Crippen molar-refractivity contribution >= 4 is 6.20 Å². The van der Waals surface area contributed by atoms with Crippen molar-refractivity contribution in [2.24, 2.45) is 0 Å². The second-order valence-corrected chi connectivity index (χ2v) is 5.20. The van der Waals surface area contributed by atoms with E-state index in [-0.39, 0.29) is 6.04 Å². The number of imidazole rings is 1. The molecule has 0 saturated carbocycles. The zero-order valence-electron chi connectivity index (χ0n) is 12.3. The molecule has 4 heteroatoms. The summed E-state index contributed by atoms with van der Waals surface area (Å²) in [5.41, 5.74) is 3.40. The highest BCUT2D eigenvalue weighted by Gasteiger charge is 2.21. The Labute approximate surface area is 119 Å². The van der Waals surface area contributed by atoms with Crippen molar-refractivity contribution in [3.8, 4) is 17.0 Å². The van der Waals surface area contributed by atoms with Gasteiger partial charge in [-0.25, -0.2) is 4.98 Å². The van der Waals surface area contributed by atoms with Crippen molar-refractivity contribution in [2.45, 2.75) is 19.9 Å². The SMILES string of the molecule is COc1ccc(-c2cnc3n2C=CN(C)C3C)cc1C. The number of methoxy groups -OCH3 is 1. The molecule has 20 heavy (non-hydrogen) atoms. The molecule has 0 spiro atoms. The summed E-state index contributed by atoms with van der Waals surface area (Å²) in [6.07, 6.45) is 6.09. The van der Waals surface area contributed by atoms with Gasteiger partial charge in [0, 0.05) is 25.0 Å². The fraction of sp³-hybridized carbons (Fsp3) is 0.312. The van der Waals surface area contributed by atoms with Gasteiger partial charge in [0.05, 0.1) is 25.0 Å². The molecule has 0 aliphatic carbocycles. The van der Waals surface area contributed by atoms with Gasteiger partial charge in [-0.3, -0.25) is 4.57 Å². The van der Waals surface area contributed by atoms with Gasteiger partial charge >= 0.3 is 0 Å². The highest BCUT2D eigenvalue weighted by Crippen LogP contribution is 2.31. The van der Waals surface area contributed by atoms with Crippen LogP contribution in [0.4, 0.5) is 0 Å². The van der Waals surface area contributed by atoms with Crippen molar-refractivity contribution in [3.05, 3.63) is 42.0 Å². The van der Waals surface area contributed by atoms with Crippen molar-refractivity contribution in [1.29, 1.82) is 0 Å². The van der Waals surface area contributed by atoms with E-state index in [1.807, 2.05) is 12.3 Å². The second kappa shape index (κ2) is 4.71. The highest BCUT2D eigenvalue weighted by atomic mass is 16.5. The third-order valence-corrected chi connectivity index (χ3v) is 3.95. The third kappa shape index (κ3) is 1.88. The van der Waals surface area contributed by atoms with Gasteiger partial charge in [0.15, 0.2) is 0 Å². The predicted molar refractivity (Wildman–Crippen MR) is 80.5 cm³/mol. The Kier molecular flexibility index (Phi) is 3.01. The molecule has 1 aliphatic heterocycles. The molecular formula is C16H19N3O. The predicted octanol–water partition coefficient (Wildman–Crippen LogP) is 3.30. The molecule has 1 aliphatic rings. The third-order valence-electron chi connectivity index (χ3n) is 3.95. The number of nitrogens with zero attached hydrogens (tertiary/aromatic N) is 3. The molecule has 3 rings (SSSR count). The van der Waals surface area contributed by atoms with E-state index in [2.05, 4.69) is 59.9 Å². The van der Waals surface area contributed by atoms with Crippen LogP contribution in [-0.4, -0.2) is 28.6 Å². The van der Waals surface area contributed by atoms with E-state index < -0.39 is 0 Å². The van der Waals surface area contributed by atoms with E-state index in [1.165, 1.54) is 0 Å². The van der Waals surface area contributed by atoms with Crippen molar-refractivity contribution < 1.29 is 4.74 Å². The van der Waals surface area contributed by atoms with Gasteiger partial charge in [-0.1, -0.05) is 0 Å². The normalized spacial score (nSPS) is 17.2. The van der Waals surface area contributed by atoms with Crippen LogP contribution in [0.2, 0.25) is 0 Å². The number of fused-ring (bicyclic) bond motifs is 1. The Morgan fingerprint density at radius 2 is 2.05 bits per heavy atom. The Morgan fingerprint density at radius 1 is 1.25 bits per heavy atom. The van der Waals surface area contributed by atoms with Crippen molar-refractivity contribution in [2.75, 3.05) is 14.2 Å². The Morgan fingerprint density at radius 3 is 2.75 bits per heavy atom. The smallest absolute Gasteiger partial charge is 0.135 e. The van der Waals surface area contributed by atoms with Crippen molar-refractivity contribution in [3.63, 3.8) is 0 Å². The molecule has 1 atom stereocenters. The summed E-state index contributed by atoms with van der Waals surface area (Å²) in [7, 11) is 3.76. The largest absolute Gasteiger partial charge is 0.496 e. The lowest BCUT2D eigenvalue weighted by atomic mass is 10.1. The van der Waals surface area contributed by atoms with Gasteiger partial charge in [0.25, 0.3) is 0 Å². The molecule has 0 N–H and O–H groups in total. The average molecular weight is 269 g/mol. The molecule has 0 saturated heterocycles. The minimum absolute atomic E-state index is 0.285. The van der Waals surface area contributed by atoms with Crippen LogP contribution in [0.5, 0.6) is 5.75 Å². The van der Waals surface area contributed by atoms with Crippen LogP contribution in [0.25, 0.3) is 17.5 Å². The van der Waals surface area contributed by atoms with Crippen LogP contribution in [0, 0.1) is 6.92 Å². The molecule has 0 amide bonds. The Bertz CT molecular complexity index is 672. The minimum Gasteiger partial charge on any atom is -0.496 e. The fourth-order valence-corrected chi connectivity index (χ4v) is 2.58. The fourth-order valence-electron chi connectivity index (χ4n) is 2.58. The van der Waals surface area contributed by atoms with Crippen LogP contribution in [0.15, 0.2) is 30.6 Å². The van der Waals surface area contributed by atoms with Gasteiger partial charge in [-0.2, -0.15) is 0 Å². The summed E-state index contributed by atoms with van der Waals surface area (Å²) in [6, 6.07) is 6.51. The summed E-state index contributed by atoms with van der Waals surface area (Å²) < 4.78 is 7.48. The average Bonchev–Trinajstić information content (AvgIpc) is 2.87. The van der Waals surface area contributed by atoms with E-state index in [0.29, 0.717) is 0 Å². The molecule has 0 radical (unpaired) electrons. The highest BCUT2D eigenvalue weighted by molar-refractivity contribution is 5.65. The molecule has 104 valence electrons. The van der Waals surface area contributed by atoms with Crippen LogP contribution in [-0.2, 0) is 0 Å². The standard InChI is InChI=1S/C16H19N3O/c1-11-9-13(5-6-15(11)20-4)14-10-17-16-12(2)18(3)7-8-19(14)16/h5-10,12H,1-4H3. The van der Waals surface area contributed by atoms with Crippen LogP contribution < -0.4 is 4.74 Å². The van der Waals surface area contributed by atoms with Crippen LogP contribution >= 0.6 is 0 Å². The quantitative estimate of drug-likeness (QED) is 0.838. The Hall–Kier alpha value is -2.23. The topological polar surface area (TPSA) is 30.3 Å². The molecule has 0 bridgehead atoms. The van der Waals surface area contributed by atoms with Gasteiger partial charge in [0.1, 0.15) is 11.6 Å². The maximum absolute atomic E-state index is 5.32. The van der Waals surface area contributed by atoms with Crippen LogP contribution in [0.1, 0.15) is 24.4 Å². The Balaban J connectivity index is 2.08. The maximum atomic E-state index is 5.32. The molecule has 2 aromatic rings. The zero-order chi connectivity index (χ0) is 14.3. The summed E-state index contributed by atoms with van der Waals surface area (Å²) in [6.45, 7) is 4.22. The van der Waals surface area contributed by atoms with E-state index in [4.69, 9.17) is 4.74 Å². The number of aryl methyl sites for hydroxylation is 1. The number of rotatable bonds is 2. The lowest BCUT2D eigenvalue weighted by Crippen LogP contribution is -2.23.